The molecular weight excluding hydrogens is 332 g/mol. The summed E-state index contributed by atoms with van der Waals surface area (Å²) in [5.74, 6) is -0.180. The Morgan fingerprint density at radius 3 is 2.52 bits per heavy atom. The number of nitrogens with zero attached hydrogens (tertiary/aromatic N) is 2. The standard InChI is InChI=1S/C19H14N4OS/c24-18(13-9-11-20-12-10-13)22-15-7-4-8-16-17(15)23-19(25-16)21-14-5-2-1-3-6-14/h1-12H,(H,21,23)(H,22,24). The van der Waals surface area contributed by atoms with Gasteiger partial charge in [-0.25, -0.2) is 4.98 Å². The normalized spacial score (nSPS) is 10.6. The molecule has 6 heteroatoms. The summed E-state index contributed by atoms with van der Waals surface area (Å²) in [5, 5.41) is 7.00. The van der Waals surface area contributed by atoms with Gasteiger partial charge in [-0.15, -0.1) is 0 Å². The molecule has 5 nitrogen and oxygen atoms in total. The molecule has 0 aliphatic carbocycles. The Labute approximate surface area is 148 Å². The van der Waals surface area contributed by atoms with Crippen LogP contribution in [-0.4, -0.2) is 15.9 Å². The largest absolute Gasteiger partial charge is 0.332 e. The molecule has 2 aromatic heterocycles. The lowest BCUT2D eigenvalue weighted by atomic mass is 10.2. The van der Waals surface area contributed by atoms with Crippen molar-refractivity contribution < 1.29 is 4.79 Å². The number of rotatable bonds is 4. The number of thiazole rings is 1. The molecule has 0 fully saturated rings. The first-order chi connectivity index (χ1) is 12.3. The number of carbonyl (C=O) groups excluding carboxylic acids is 1. The average Bonchev–Trinajstić information content (AvgIpc) is 3.07. The molecule has 0 bridgehead atoms. The Bertz CT molecular complexity index is 1020. The minimum absolute atomic E-state index is 0.180. The van der Waals surface area contributed by atoms with Crippen LogP contribution in [0, 0.1) is 0 Å². The molecule has 25 heavy (non-hydrogen) atoms. The molecule has 0 spiro atoms. The van der Waals surface area contributed by atoms with E-state index in [0.29, 0.717) is 11.3 Å². The van der Waals surface area contributed by atoms with Gasteiger partial charge in [0.05, 0.1) is 10.4 Å². The first-order valence-corrected chi connectivity index (χ1v) is 8.54. The number of pyridine rings is 1. The summed E-state index contributed by atoms with van der Waals surface area (Å²) in [7, 11) is 0. The van der Waals surface area contributed by atoms with Crippen LogP contribution in [0.3, 0.4) is 0 Å². The molecule has 122 valence electrons. The summed E-state index contributed by atoms with van der Waals surface area (Å²) >= 11 is 1.55. The third-order valence-corrected chi connectivity index (χ3v) is 4.57. The van der Waals surface area contributed by atoms with Crippen molar-refractivity contribution in [3.63, 3.8) is 0 Å². The number of benzene rings is 2. The molecule has 2 N–H and O–H groups in total. The van der Waals surface area contributed by atoms with E-state index in [0.717, 1.165) is 21.0 Å². The number of nitrogens with one attached hydrogen (secondary N) is 2. The van der Waals surface area contributed by atoms with Gasteiger partial charge in [0.1, 0.15) is 5.52 Å². The Balaban J connectivity index is 1.63. The van der Waals surface area contributed by atoms with E-state index < -0.39 is 0 Å². The van der Waals surface area contributed by atoms with Crippen molar-refractivity contribution in [2.45, 2.75) is 0 Å². The third-order valence-electron chi connectivity index (χ3n) is 3.63. The number of anilines is 3. The van der Waals surface area contributed by atoms with Crippen LogP contribution in [0.25, 0.3) is 10.2 Å². The van der Waals surface area contributed by atoms with Crippen molar-refractivity contribution in [3.8, 4) is 0 Å². The highest BCUT2D eigenvalue weighted by Crippen LogP contribution is 2.32. The highest BCUT2D eigenvalue weighted by Gasteiger charge is 2.12. The molecule has 2 aromatic carbocycles. The molecule has 4 aromatic rings. The van der Waals surface area contributed by atoms with Gasteiger partial charge in [0, 0.05) is 23.6 Å². The van der Waals surface area contributed by atoms with E-state index in [4.69, 9.17) is 0 Å². The van der Waals surface area contributed by atoms with E-state index >= 15 is 0 Å². The summed E-state index contributed by atoms with van der Waals surface area (Å²) < 4.78 is 1.01. The van der Waals surface area contributed by atoms with Crippen molar-refractivity contribution in [2.24, 2.45) is 0 Å². The number of carbonyl (C=O) groups is 1. The van der Waals surface area contributed by atoms with Gasteiger partial charge in [-0.2, -0.15) is 0 Å². The predicted molar refractivity (Wildman–Crippen MR) is 102 cm³/mol. The van der Waals surface area contributed by atoms with E-state index in [2.05, 4.69) is 20.6 Å². The quantitative estimate of drug-likeness (QED) is 0.563. The lowest BCUT2D eigenvalue weighted by Gasteiger charge is -2.05. The minimum atomic E-state index is -0.180. The average molecular weight is 346 g/mol. The molecule has 0 unspecified atom stereocenters. The number of para-hydroxylation sites is 2. The Hall–Kier alpha value is -3.25. The second-order valence-electron chi connectivity index (χ2n) is 5.35. The zero-order valence-corrected chi connectivity index (χ0v) is 14.0. The van der Waals surface area contributed by atoms with Gasteiger partial charge in [-0.3, -0.25) is 9.78 Å². The van der Waals surface area contributed by atoms with E-state index in [9.17, 15) is 4.79 Å². The maximum Gasteiger partial charge on any atom is 0.255 e. The monoisotopic (exact) mass is 346 g/mol. The fourth-order valence-electron chi connectivity index (χ4n) is 2.45. The smallest absolute Gasteiger partial charge is 0.255 e. The second-order valence-corrected chi connectivity index (χ2v) is 6.38. The van der Waals surface area contributed by atoms with E-state index in [1.54, 1.807) is 35.9 Å². The van der Waals surface area contributed by atoms with Crippen LogP contribution in [0.2, 0.25) is 0 Å². The molecule has 1 amide bonds. The third kappa shape index (κ3) is 3.34. The Morgan fingerprint density at radius 2 is 1.72 bits per heavy atom. The molecular formula is C19H14N4OS. The molecule has 0 radical (unpaired) electrons. The van der Waals surface area contributed by atoms with Crippen LogP contribution in [0.1, 0.15) is 10.4 Å². The van der Waals surface area contributed by atoms with E-state index in [1.165, 1.54) is 0 Å². The summed E-state index contributed by atoms with van der Waals surface area (Å²) in [6.07, 6.45) is 3.19. The summed E-state index contributed by atoms with van der Waals surface area (Å²) in [4.78, 5) is 20.9. The van der Waals surface area contributed by atoms with Crippen molar-refractivity contribution in [1.82, 2.24) is 9.97 Å². The maximum absolute atomic E-state index is 12.4. The van der Waals surface area contributed by atoms with Gasteiger partial charge in [-0.1, -0.05) is 35.6 Å². The molecule has 0 saturated carbocycles. The Morgan fingerprint density at radius 1 is 0.920 bits per heavy atom. The van der Waals surface area contributed by atoms with Crippen LogP contribution in [0.4, 0.5) is 16.5 Å². The van der Waals surface area contributed by atoms with E-state index in [-0.39, 0.29) is 5.91 Å². The zero-order valence-electron chi connectivity index (χ0n) is 13.1. The van der Waals surface area contributed by atoms with Crippen LogP contribution < -0.4 is 10.6 Å². The molecule has 0 atom stereocenters. The lowest BCUT2D eigenvalue weighted by Crippen LogP contribution is -2.12. The predicted octanol–water partition coefficient (Wildman–Crippen LogP) is 4.69. The van der Waals surface area contributed by atoms with Crippen LogP contribution in [-0.2, 0) is 0 Å². The number of hydrogen-bond acceptors (Lipinski definition) is 5. The zero-order chi connectivity index (χ0) is 17.1. The Kier molecular flexibility index (Phi) is 4.10. The minimum Gasteiger partial charge on any atom is -0.332 e. The number of fused-ring (bicyclic) bond motifs is 1. The second kappa shape index (κ2) is 6.70. The van der Waals surface area contributed by atoms with Gasteiger partial charge in [0.2, 0.25) is 0 Å². The summed E-state index contributed by atoms with van der Waals surface area (Å²) in [5.41, 5.74) is 3.00. The first-order valence-electron chi connectivity index (χ1n) is 7.72. The van der Waals surface area contributed by atoms with Gasteiger partial charge in [-0.05, 0) is 36.4 Å². The van der Waals surface area contributed by atoms with Crippen molar-refractivity contribution in [1.29, 1.82) is 0 Å². The van der Waals surface area contributed by atoms with Crippen molar-refractivity contribution >= 4 is 44.0 Å². The molecule has 0 aliphatic heterocycles. The van der Waals surface area contributed by atoms with Gasteiger partial charge < -0.3 is 10.6 Å². The number of hydrogen-bond donors (Lipinski definition) is 2. The van der Waals surface area contributed by atoms with Crippen LogP contribution in [0.5, 0.6) is 0 Å². The van der Waals surface area contributed by atoms with Crippen LogP contribution >= 0.6 is 11.3 Å². The van der Waals surface area contributed by atoms with E-state index in [1.807, 2.05) is 48.5 Å². The SMILES string of the molecule is O=C(Nc1cccc2sc(Nc3ccccc3)nc12)c1ccncc1. The van der Waals surface area contributed by atoms with Crippen molar-refractivity contribution in [2.75, 3.05) is 10.6 Å². The van der Waals surface area contributed by atoms with Crippen molar-refractivity contribution in [3.05, 3.63) is 78.6 Å². The van der Waals surface area contributed by atoms with Gasteiger partial charge in [0.25, 0.3) is 5.91 Å². The molecule has 4 rings (SSSR count). The lowest BCUT2D eigenvalue weighted by molar-refractivity contribution is 0.102. The number of aromatic nitrogens is 2. The van der Waals surface area contributed by atoms with Gasteiger partial charge >= 0.3 is 0 Å². The first kappa shape index (κ1) is 15.3. The molecule has 2 heterocycles. The summed E-state index contributed by atoms with van der Waals surface area (Å²) in [6, 6.07) is 19.0. The van der Waals surface area contributed by atoms with Gasteiger partial charge in [0.15, 0.2) is 5.13 Å². The molecule has 0 saturated heterocycles. The highest BCUT2D eigenvalue weighted by atomic mass is 32.1. The summed E-state index contributed by atoms with van der Waals surface area (Å²) in [6.45, 7) is 0. The fourth-order valence-corrected chi connectivity index (χ4v) is 3.36. The molecule has 0 aliphatic rings. The number of amides is 1. The maximum atomic E-state index is 12.4. The highest BCUT2D eigenvalue weighted by molar-refractivity contribution is 7.22. The van der Waals surface area contributed by atoms with Crippen LogP contribution in [0.15, 0.2) is 73.1 Å². The topological polar surface area (TPSA) is 66.9 Å². The fraction of sp³-hybridized carbons (Fsp3) is 0.